The number of hydrogen-bond donors (Lipinski definition) is 1. The van der Waals surface area contributed by atoms with Crippen LogP contribution in [0.4, 0.5) is 4.79 Å². The lowest BCUT2D eigenvalue weighted by molar-refractivity contribution is -0.151. The summed E-state index contributed by atoms with van der Waals surface area (Å²) in [5.41, 5.74) is -0.518. The second kappa shape index (κ2) is 6.92. The largest absolute Gasteiger partial charge is 0.467 e. The van der Waals surface area contributed by atoms with E-state index in [-0.39, 0.29) is 12.0 Å². The van der Waals surface area contributed by atoms with E-state index < -0.39 is 17.7 Å². The number of aliphatic hydroxyl groups excluding tert-OH is 1. The van der Waals surface area contributed by atoms with Gasteiger partial charge in [0.25, 0.3) is 0 Å². The fourth-order valence-corrected chi connectivity index (χ4v) is 2.30. The Kier molecular flexibility index (Phi) is 5.80. The van der Waals surface area contributed by atoms with E-state index >= 15 is 0 Å². The predicted molar refractivity (Wildman–Crippen MR) is 73.2 cm³/mol. The topological polar surface area (TPSA) is 76.1 Å². The maximum Gasteiger partial charge on any atom is 0.410 e. The Hall–Kier alpha value is -1.30. The van der Waals surface area contributed by atoms with Crippen molar-refractivity contribution >= 4 is 12.1 Å². The zero-order chi connectivity index (χ0) is 15.3. The van der Waals surface area contributed by atoms with Gasteiger partial charge in [-0.15, -0.1) is 0 Å². The SMILES string of the molecule is COC(=O)C(O)CC1CCCN(C(=O)OC(C)(C)C)C1. The van der Waals surface area contributed by atoms with Gasteiger partial charge in [0.2, 0.25) is 0 Å². The van der Waals surface area contributed by atoms with Crippen LogP contribution in [0.15, 0.2) is 0 Å². The number of carbonyl (C=O) groups is 2. The lowest BCUT2D eigenvalue weighted by Gasteiger charge is -2.34. The molecule has 2 unspecified atom stereocenters. The molecule has 1 aliphatic rings. The minimum Gasteiger partial charge on any atom is -0.467 e. The Balaban J connectivity index is 2.50. The lowest BCUT2D eigenvalue weighted by atomic mass is 9.92. The number of piperidine rings is 1. The van der Waals surface area contributed by atoms with Gasteiger partial charge in [-0.25, -0.2) is 9.59 Å². The van der Waals surface area contributed by atoms with Crippen LogP contribution < -0.4 is 0 Å². The second-order valence-corrected chi connectivity index (χ2v) is 6.21. The number of carbonyl (C=O) groups excluding carboxylic acids is 2. The Morgan fingerprint density at radius 1 is 1.40 bits per heavy atom. The van der Waals surface area contributed by atoms with Gasteiger partial charge in [-0.2, -0.15) is 0 Å². The van der Waals surface area contributed by atoms with E-state index in [2.05, 4.69) is 4.74 Å². The van der Waals surface area contributed by atoms with Crippen LogP contribution in [0.25, 0.3) is 0 Å². The minimum absolute atomic E-state index is 0.0883. The van der Waals surface area contributed by atoms with Crippen LogP contribution in [-0.2, 0) is 14.3 Å². The summed E-state index contributed by atoms with van der Waals surface area (Å²) in [6.07, 6.45) is 0.579. The Labute approximate surface area is 120 Å². The molecule has 1 heterocycles. The number of rotatable bonds is 3. The molecular formula is C14H25NO5. The van der Waals surface area contributed by atoms with Crippen LogP contribution in [0.5, 0.6) is 0 Å². The van der Waals surface area contributed by atoms with Gasteiger partial charge < -0.3 is 19.5 Å². The van der Waals surface area contributed by atoms with Gasteiger partial charge in [0.05, 0.1) is 7.11 Å². The van der Waals surface area contributed by atoms with E-state index in [1.54, 1.807) is 4.90 Å². The van der Waals surface area contributed by atoms with Crippen LogP contribution in [0.2, 0.25) is 0 Å². The summed E-state index contributed by atoms with van der Waals surface area (Å²) in [5, 5.41) is 9.67. The molecule has 0 radical (unpaired) electrons. The molecular weight excluding hydrogens is 262 g/mol. The highest BCUT2D eigenvalue weighted by Crippen LogP contribution is 2.23. The molecule has 116 valence electrons. The molecule has 0 bridgehead atoms. The van der Waals surface area contributed by atoms with Crippen molar-refractivity contribution in [3.05, 3.63) is 0 Å². The first-order valence-corrected chi connectivity index (χ1v) is 6.96. The fourth-order valence-electron chi connectivity index (χ4n) is 2.30. The number of esters is 1. The number of nitrogens with zero attached hydrogens (tertiary/aromatic N) is 1. The van der Waals surface area contributed by atoms with Gasteiger partial charge in [-0.3, -0.25) is 0 Å². The maximum atomic E-state index is 12.0. The number of aliphatic hydroxyl groups is 1. The van der Waals surface area contributed by atoms with E-state index in [0.717, 1.165) is 12.8 Å². The van der Waals surface area contributed by atoms with Crippen molar-refractivity contribution in [2.45, 2.75) is 51.7 Å². The minimum atomic E-state index is -1.12. The van der Waals surface area contributed by atoms with Crippen molar-refractivity contribution in [3.63, 3.8) is 0 Å². The summed E-state index contributed by atoms with van der Waals surface area (Å²) < 4.78 is 9.83. The van der Waals surface area contributed by atoms with Gasteiger partial charge in [-0.05, 0) is 46.0 Å². The molecule has 1 saturated heterocycles. The lowest BCUT2D eigenvalue weighted by Crippen LogP contribution is -2.44. The van der Waals surface area contributed by atoms with Gasteiger partial charge in [0.15, 0.2) is 6.10 Å². The van der Waals surface area contributed by atoms with Crippen molar-refractivity contribution in [1.82, 2.24) is 4.90 Å². The molecule has 2 atom stereocenters. The van der Waals surface area contributed by atoms with Crippen molar-refractivity contribution in [1.29, 1.82) is 0 Å². The van der Waals surface area contributed by atoms with Gasteiger partial charge in [0, 0.05) is 13.1 Å². The molecule has 6 nitrogen and oxygen atoms in total. The number of ether oxygens (including phenoxy) is 2. The van der Waals surface area contributed by atoms with Gasteiger partial charge in [0.1, 0.15) is 5.60 Å². The van der Waals surface area contributed by atoms with Crippen LogP contribution in [0.1, 0.15) is 40.0 Å². The summed E-state index contributed by atoms with van der Waals surface area (Å²) >= 11 is 0. The fraction of sp³-hybridized carbons (Fsp3) is 0.857. The Bertz CT molecular complexity index is 350. The highest BCUT2D eigenvalue weighted by molar-refractivity contribution is 5.74. The third-order valence-electron chi connectivity index (χ3n) is 3.20. The molecule has 1 rings (SSSR count). The molecule has 6 heteroatoms. The number of methoxy groups -OCH3 is 1. The van der Waals surface area contributed by atoms with Crippen molar-refractivity contribution in [3.8, 4) is 0 Å². The first-order chi connectivity index (χ1) is 9.23. The van der Waals surface area contributed by atoms with Crippen molar-refractivity contribution < 1.29 is 24.2 Å². The number of hydrogen-bond acceptors (Lipinski definition) is 5. The normalized spacial score (nSPS) is 21.2. The van der Waals surface area contributed by atoms with E-state index in [4.69, 9.17) is 4.74 Å². The monoisotopic (exact) mass is 287 g/mol. The van der Waals surface area contributed by atoms with Crippen molar-refractivity contribution in [2.75, 3.05) is 20.2 Å². The highest BCUT2D eigenvalue weighted by atomic mass is 16.6. The third kappa shape index (κ3) is 5.36. The molecule has 1 amide bonds. The first-order valence-electron chi connectivity index (χ1n) is 6.96. The predicted octanol–water partition coefficient (Wildman–Crippen LogP) is 1.56. The van der Waals surface area contributed by atoms with E-state index in [1.165, 1.54) is 7.11 Å². The Morgan fingerprint density at radius 3 is 2.60 bits per heavy atom. The molecule has 1 fully saturated rings. The molecule has 1 N–H and O–H groups in total. The third-order valence-corrected chi connectivity index (χ3v) is 3.20. The summed E-state index contributed by atoms with van der Waals surface area (Å²) in [6, 6.07) is 0. The molecule has 20 heavy (non-hydrogen) atoms. The summed E-state index contributed by atoms with van der Waals surface area (Å²) in [4.78, 5) is 24.8. The summed E-state index contributed by atoms with van der Waals surface area (Å²) in [7, 11) is 1.25. The molecule has 0 aromatic carbocycles. The molecule has 0 aliphatic carbocycles. The van der Waals surface area contributed by atoms with Gasteiger partial charge >= 0.3 is 12.1 Å². The van der Waals surface area contributed by atoms with Crippen LogP contribution in [0, 0.1) is 5.92 Å². The van der Waals surface area contributed by atoms with E-state index in [0.29, 0.717) is 19.5 Å². The zero-order valence-electron chi connectivity index (χ0n) is 12.7. The van der Waals surface area contributed by atoms with Crippen molar-refractivity contribution in [2.24, 2.45) is 5.92 Å². The molecule has 0 spiro atoms. The smallest absolute Gasteiger partial charge is 0.410 e. The second-order valence-electron chi connectivity index (χ2n) is 6.21. The first kappa shape index (κ1) is 16.8. The number of amides is 1. The maximum absolute atomic E-state index is 12.0. The summed E-state index contributed by atoms with van der Waals surface area (Å²) in [6.45, 7) is 6.64. The standard InChI is InChI=1S/C14H25NO5/c1-14(2,3)20-13(18)15-7-5-6-10(9-15)8-11(16)12(17)19-4/h10-11,16H,5-9H2,1-4H3. The molecule has 0 aromatic heterocycles. The average molecular weight is 287 g/mol. The van der Waals surface area contributed by atoms with Crippen LogP contribution in [-0.4, -0.2) is 54.0 Å². The zero-order valence-corrected chi connectivity index (χ0v) is 12.7. The number of likely N-dealkylation sites (tertiary alicyclic amines) is 1. The Morgan fingerprint density at radius 2 is 2.05 bits per heavy atom. The molecule has 0 aromatic rings. The molecule has 0 saturated carbocycles. The van der Waals surface area contributed by atoms with Crippen LogP contribution in [0.3, 0.4) is 0 Å². The van der Waals surface area contributed by atoms with Gasteiger partial charge in [-0.1, -0.05) is 0 Å². The average Bonchev–Trinajstić information content (AvgIpc) is 2.36. The van der Waals surface area contributed by atoms with E-state index in [9.17, 15) is 14.7 Å². The quantitative estimate of drug-likeness (QED) is 0.797. The van der Waals surface area contributed by atoms with Crippen LogP contribution >= 0.6 is 0 Å². The van der Waals surface area contributed by atoms with E-state index in [1.807, 2.05) is 20.8 Å². The molecule has 1 aliphatic heterocycles. The summed E-state index contributed by atoms with van der Waals surface area (Å²) in [5.74, 6) is -0.537. The highest BCUT2D eigenvalue weighted by Gasteiger charge is 2.30.